The molecule has 4 rings (SSSR count). The van der Waals surface area contributed by atoms with Gasteiger partial charge in [0.15, 0.2) is 0 Å². The molecule has 0 aromatic heterocycles. The number of rotatable bonds is 6. The normalized spacial score (nSPS) is 26.4. The van der Waals surface area contributed by atoms with Crippen molar-refractivity contribution >= 4 is 15.9 Å². The van der Waals surface area contributed by atoms with E-state index >= 15 is 4.39 Å². The number of carbonyl (C=O) groups excluding carboxylic acids is 1. The maximum Gasteiger partial charge on any atom is 0.283 e. The number of halogens is 5. The zero-order valence-electron chi connectivity index (χ0n) is 18.1. The Labute approximate surface area is 194 Å². The van der Waals surface area contributed by atoms with Gasteiger partial charge in [-0.05, 0) is 42.5 Å². The van der Waals surface area contributed by atoms with E-state index in [1.807, 2.05) is 4.72 Å². The molecule has 0 bridgehead atoms. The zero-order valence-corrected chi connectivity index (χ0v) is 19.0. The summed E-state index contributed by atoms with van der Waals surface area (Å²) in [6.07, 6.45) is -1.09. The molecule has 11 heteroatoms. The van der Waals surface area contributed by atoms with Gasteiger partial charge < -0.3 is 4.90 Å². The molecule has 1 saturated carbocycles. The van der Waals surface area contributed by atoms with Crippen molar-refractivity contribution in [1.29, 1.82) is 0 Å². The quantitative estimate of drug-likeness (QED) is 0.613. The highest BCUT2D eigenvalue weighted by atomic mass is 32.2. The Morgan fingerprint density at radius 1 is 1.15 bits per heavy atom. The Hall–Kier alpha value is -2.53. The maximum atomic E-state index is 15.4. The number of hydrogen-bond acceptors (Lipinski definition) is 3. The average molecular weight is 503 g/mol. The molecule has 1 saturated heterocycles. The number of carbonyl (C=O) groups is 1. The molecule has 2 atom stereocenters. The predicted octanol–water partition coefficient (Wildman–Crippen LogP) is 3.69. The third-order valence-electron chi connectivity index (χ3n) is 6.32. The van der Waals surface area contributed by atoms with E-state index < -0.39 is 70.6 Å². The van der Waals surface area contributed by atoms with E-state index in [0.29, 0.717) is 0 Å². The van der Waals surface area contributed by atoms with Crippen molar-refractivity contribution in [2.75, 3.05) is 12.8 Å². The second kappa shape index (κ2) is 8.92. The molecule has 34 heavy (non-hydrogen) atoms. The van der Waals surface area contributed by atoms with Gasteiger partial charge in [-0.1, -0.05) is 30.3 Å². The Bertz CT molecular complexity index is 1200. The minimum atomic E-state index is -4.10. The molecule has 0 spiro atoms. The summed E-state index contributed by atoms with van der Waals surface area (Å²) in [4.78, 5) is 13.7. The van der Waals surface area contributed by atoms with Crippen molar-refractivity contribution in [3.8, 4) is 11.1 Å². The first-order chi connectivity index (χ1) is 15.9. The number of nitrogens with one attached hydrogen (secondary N) is 1. The van der Waals surface area contributed by atoms with E-state index in [9.17, 15) is 30.8 Å². The number of alkyl halides is 3. The molecule has 1 aliphatic carbocycles. The van der Waals surface area contributed by atoms with Gasteiger partial charge in [0.05, 0.1) is 18.8 Å². The van der Waals surface area contributed by atoms with Crippen LogP contribution in [-0.4, -0.2) is 56.2 Å². The van der Waals surface area contributed by atoms with Gasteiger partial charge in [0.1, 0.15) is 23.8 Å². The molecule has 184 valence electrons. The van der Waals surface area contributed by atoms with Crippen LogP contribution in [0.1, 0.15) is 18.4 Å². The van der Waals surface area contributed by atoms with E-state index in [-0.39, 0.29) is 29.5 Å². The largest absolute Gasteiger partial charge is 0.331 e. The fraction of sp³-hybridized carbons (Fsp3) is 0.435. The molecule has 5 nitrogen and oxygen atoms in total. The van der Waals surface area contributed by atoms with Gasteiger partial charge in [0, 0.05) is 11.5 Å². The summed E-state index contributed by atoms with van der Waals surface area (Å²) in [6, 6.07) is 6.02. The van der Waals surface area contributed by atoms with E-state index in [2.05, 4.69) is 0 Å². The first-order valence-electron chi connectivity index (χ1n) is 10.7. The van der Waals surface area contributed by atoms with Gasteiger partial charge in [-0.15, -0.1) is 0 Å². The summed E-state index contributed by atoms with van der Waals surface area (Å²) in [5.41, 5.74) is 0.226. The third kappa shape index (κ3) is 4.95. The van der Waals surface area contributed by atoms with Crippen LogP contribution >= 0.6 is 0 Å². The molecule has 2 aromatic carbocycles. The van der Waals surface area contributed by atoms with Crippen LogP contribution in [0.25, 0.3) is 11.1 Å². The van der Waals surface area contributed by atoms with Crippen molar-refractivity contribution in [3.05, 3.63) is 59.7 Å². The molecular weight excluding hydrogens is 479 g/mol. The molecule has 2 aromatic rings. The summed E-state index contributed by atoms with van der Waals surface area (Å²) in [7, 11) is -4.10. The van der Waals surface area contributed by atoms with Crippen LogP contribution in [0.4, 0.5) is 22.0 Å². The van der Waals surface area contributed by atoms with Crippen molar-refractivity contribution < 1.29 is 35.2 Å². The number of hydrogen-bond donors (Lipinski definition) is 1. The van der Waals surface area contributed by atoms with Crippen LogP contribution in [0, 0.1) is 17.6 Å². The maximum absolute atomic E-state index is 15.4. The molecule has 0 unspecified atom stereocenters. The third-order valence-corrected chi connectivity index (χ3v) is 7.00. The highest BCUT2D eigenvalue weighted by molar-refractivity contribution is 7.88. The van der Waals surface area contributed by atoms with Crippen molar-refractivity contribution in [1.82, 2.24) is 9.62 Å². The molecule has 1 N–H and O–H groups in total. The van der Waals surface area contributed by atoms with Crippen molar-refractivity contribution in [2.24, 2.45) is 5.92 Å². The van der Waals surface area contributed by atoms with Gasteiger partial charge >= 0.3 is 0 Å². The predicted molar refractivity (Wildman–Crippen MR) is 115 cm³/mol. The Morgan fingerprint density at radius 2 is 1.82 bits per heavy atom. The van der Waals surface area contributed by atoms with Gasteiger partial charge in [0.25, 0.3) is 5.92 Å². The summed E-state index contributed by atoms with van der Waals surface area (Å²) < 4.78 is 97.8. The molecule has 1 amide bonds. The lowest BCUT2D eigenvalue weighted by molar-refractivity contribution is -0.142. The smallest absolute Gasteiger partial charge is 0.283 e. The average Bonchev–Trinajstić information content (AvgIpc) is 2.95. The van der Waals surface area contributed by atoms with E-state index in [1.54, 1.807) is 0 Å². The second-order valence-corrected chi connectivity index (χ2v) is 10.7. The standard InChI is InChI=1S/C23H23F5N2O3S/c1-34(32,33)29-21-19(30(12-23(21,27)28)22(31)15-9-17(25)10-15)11-14-5-3-7-18(20(14)26)13-4-2-6-16(24)8-13/h2-8,15,17,19,21,29H,9-12H2,1H3/t15?,17?,19-,21+/m0/s1. The van der Waals surface area contributed by atoms with Crippen LogP contribution in [0.3, 0.4) is 0 Å². The van der Waals surface area contributed by atoms with Gasteiger partial charge in [-0.25, -0.2) is 35.1 Å². The first kappa shape index (κ1) is 24.6. The van der Waals surface area contributed by atoms with Crippen LogP contribution in [-0.2, 0) is 21.2 Å². The van der Waals surface area contributed by atoms with Gasteiger partial charge in [-0.3, -0.25) is 4.79 Å². The summed E-state index contributed by atoms with van der Waals surface area (Å²) >= 11 is 0. The minimum Gasteiger partial charge on any atom is -0.331 e. The number of sulfonamides is 1. The van der Waals surface area contributed by atoms with E-state index in [1.165, 1.54) is 36.4 Å². The van der Waals surface area contributed by atoms with Crippen molar-refractivity contribution in [3.63, 3.8) is 0 Å². The lowest BCUT2D eigenvalue weighted by Gasteiger charge is -2.35. The van der Waals surface area contributed by atoms with E-state index in [0.717, 1.165) is 17.2 Å². The van der Waals surface area contributed by atoms with Crippen molar-refractivity contribution in [2.45, 2.75) is 43.4 Å². The highest BCUT2D eigenvalue weighted by Crippen LogP contribution is 2.40. The summed E-state index contributed by atoms with van der Waals surface area (Å²) in [5.74, 6) is -6.49. The molecule has 2 fully saturated rings. The Balaban J connectivity index is 1.71. The fourth-order valence-electron chi connectivity index (χ4n) is 4.60. The lowest BCUT2D eigenvalue weighted by Crippen LogP contribution is -2.53. The number of nitrogens with zero attached hydrogens (tertiary/aromatic N) is 1. The fourth-order valence-corrected chi connectivity index (χ4v) is 5.39. The van der Waals surface area contributed by atoms with Crippen LogP contribution < -0.4 is 4.72 Å². The highest BCUT2D eigenvalue weighted by Gasteiger charge is 2.58. The topological polar surface area (TPSA) is 66.5 Å². The van der Waals surface area contributed by atoms with E-state index in [4.69, 9.17) is 0 Å². The molecule has 1 heterocycles. The van der Waals surface area contributed by atoms with Crippen LogP contribution in [0.2, 0.25) is 0 Å². The van der Waals surface area contributed by atoms with Crippen LogP contribution in [0.15, 0.2) is 42.5 Å². The second-order valence-electron chi connectivity index (χ2n) is 8.92. The minimum absolute atomic E-state index is 0.0338. The SMILES string of the molecule is CS(=O)(=O)N[C@@H]1[C@H](Cc2cccc(-c3cccc(F)c3)c2F)N(C(=O)C2CC(F)C2)CC1(F)F. The Morgan fingerprint density at radius 3 is 2.44 bits per heavy atom. The van der Waals surface area contributed by atoms with Gasteiger partial charge in [-0.2, -0.15) is 0 Å². The molecule has 1 aliphatic heterocycles. The first-order valence-corrected chi connectivity index (χ1v) is 12.6. The molecule has 2 aliphatic rings. The van der Waals surface area contributed by atoms with Crippen LogP contribution in [0.5, 0.6) is 0 Å². The van der Waals surface area contributed by atoms with Gasteiger partial charge in [0.2, 0.25) is 15.9 Å². The summed E-state index contributed by atoms with van der Waals surface area (Å²) in [5, 5.41) is 0. The Kier molecular flexibility index (Phi) is 6.45. The molecule has 0 radical (unpaired) electrons. The number of likely N-dealkylation sites (tertiary alicyclic amines) is 1. The monoisotopic (exact) mass is 502 g/mol. The summed E-state index contributed by atoms with van der Waals surface area (Å²) in [6.45, 7) is -1.07. The number of amides is 1. The molecular formula is C23H23F5N2O3S. The lowest BCUT2D eigenvalue weighted by atomic mass is 9.82. The zero-order chi connectivity index (χ0) is 24.8. The number of benzene rings is 2.